The van der Waals surface area contributed by atoms with Crippen molar-refractivity contribution in [3.63, 3.8) is 0 Å². The fourth-order valence-electron chi connectivity index (χ4n) is 2.37. The lowest BCUT2D eigenvalue weighted by atomic mass is 10.0. The van der Waals surface area contributed by atoms with Crippen molar-refractivity contribution in [3.05, 3.63) is 35.4 Å². The smallest absolute Gasteiger partial charge is 0.254 e. The first kappa shape index (κ1) is 14.5. The zero-order valence-corrected chi connectivity index (χ0v) is 11.3. The van der Waals surface area contributed by atoms with Gasteiger partial charge < -0.3 is 14.7 Å². The number of rotatable bonds is 4. The van der Waals surface area contributed by atoms with Crippen LogP contribution in [0.15, 0.2) is 24.3 Å². The second-order valence-electron chi connectivity index (χ2n) is 4.73. The molecule has 1 heterocycles. The molecule has 20 heavy (non-hydrogen) atoms. The minimum Gasteiger partial charge on any atom is -0.394 e. The molecule has 2 rings (SSSR count). The largest absolute Gasteiger partial charge is 0.394 e. The maximum absolute atomic E-state index is 12.6. The Morgan fingerprint density at radius 2 is 2.30 bits per heavy atom. The molecule has 1 saturated heterocycles. The highest BCUT2D eigenvalue weighted by Crippen LogP contribution is 2.17. The molecule has 0 radical (unpaired) electrons. The van der Waals surface area contributed by atoms with Gasteiger partial charge in [-0.3, -0.25) is 4.79 Å². The number of carbonyl (C=O) groups excluding carboxylic acids is 1. The monoisotopic (exact) mass is 274 g/mol. The van der Waals surface area contributed by atoms with E-state index in [9.17, 15) is 9.90 Å². The summed E-state index contributed by atoms with van der Waals surface area (Å²) in [6.07, 6.45) is 0.948. The summed E-state index contributed by atoms with van der Waals surface area (Å²) in [4.78, 5) is 14.3. The molecule has 0 aliphatic carbocycles. The minimum atomic E-state index is -0.291. The summed E-state index contributed by atoms with van der Waals surface area (Å²) in [7, 11) is 0. The topological polar surface area (TPSA) is 73.6 Å². The van der Waals surface area contributed by atoms with Crippen molar-refractivity contribution in [2.45, 2.75) is 18.9 Å². The van der Waals surface area contributed by atoms with E-state index in [-0.39, 0.29) is 18.6 Å². The van der Waals surface area contributed by atoms with Crippen LogP contribution in [-0.4, -0.2) is 48.3 Å². The first-order valence-electron chi connectivity index (χ1n) is 6.72. The van der Waals surface area contributed by atoms with Crippen LogP contribution >= 0.6 is 0 Å². The summed E-state index contributed by atoms with van der Waals surface area (Å²) in [5.41, 5.74) is 1.49. The Morgan fingerprint density at radius 3 is 3.05 bits per heavy atom. The van der Waals surface area contributed by atoms with Crippen LogP contribution in [0.2, 0.25) is 0 Å². The second-order valence-corrected chi connectivity index (χ2v) is 4.73. The lowest BCUT2D eigenvalue weighted by Crippen LogP contribution is -2.50. The molecule has 1 aliphatic heterocycles. The third-order valence-electron chi connectivity index (χ3n) is 3.45. The Hall–Kier alpha value is -1.90. The molecule has 1 aromatic carbocycles. The van der Waals surface area contributed by atoms with Crippen molar-refractivity contribution in [2.24, 2.45) is 0 Å². The van der Waals surface area contributed by atoms with Crippen molar-refractivity contribution >= 4 is 5.91 Å². The van der Waals surface area contributed by atoms with E-state index in [4.69, 9.17) is 10.00 Å². The molecule has 0 spiro atoms. The molecular weight excluding hydrogens is 256 g/mol. The van der Waals surface area contributed by atoms with Crippen LogP contribution in [0.1, 0.15) is 22.3 Å². The van der Waals surface area contributed by atoms with Crippen LogP contribution in [0.5, 0.6) is 0 Å². The predicted molar refractivity (Wildman–Crippen MR) is 73.1 cm³/mol. The molecule has 1 fully saturated rings. The third-order valence-corrected chi connectivity index (χ3v) is 3.45. The van der Waals surface area contributed by atoms with Crippen LogP contribution in [0.4, 0.5) is 0 Å². The van der Waals surface area contributed by atoms with Gasteiger partial charge in [0.05, 0.1) is 31.9 Å². The van der Waals surface area contributed by atoms with Gasteiger partial charge in [0.25, 0.3) is 5.91 Å². The highest BCUT2D eigenvalue weighted by Gasteiger charge is 2.28. The van der Waals surface area contributed by atoms with Crippen LogP contribution in [-0.2, 0) is 11.2 Å². The Labute approximate surface area is 118 Å². The number of aryl methyl sites for hydroxylation is 1. The summed E-state index contributed by atoms with van der Waals surface area (Å²) in [5, 5.41) is 18.0. The summed E-state index contributed by atoms with van der Waals surface area (Å²) < 4.78 is 5.29. The van der Waals surface area contributed by atoms with Gasteiger partial charge in [0.15, 0.2) is 0 Å². The maximum Gasteiger partial charge on any atom is 0.254 e. The van der Waals surface area contributed by atoms with E-state index >= 15 is 0 Å². The van der Waals surface area contributed by atoms with E-state index in [1.807, 2.05) is 18.2 Å². The first-order valence-corrected chi connectivity index (χ1v) is 6.72. The van der Waals surface area contributed by atoms with Gasteiger partial charge in [0.2, 0.25) is 0 Å². The Morgan fingerprint density at radius 1 is 1.50 bits per heavy atom. The minimum absolute atomic E-state index is 0.0964. The van der Waals surface area contributed by atoms with Crippen molar-refractivity contribution in [1.82, 2.24) is 4.90 Å². The number of amides is 1. The summed E-state index contributed by atoms with van der Waals surface area (Å²) >= 11 is 0. The van der Waals surface area contributed by atoms with E-state index in [2.05, 4.69) is 6.07 Å². The number of morpholine rings is 1. The maximum atomic E-state index is 12.6. The summed E-state index contributed by atoms with van der Waals surface area (Å²) in [5.74, 6) is -0.0964. The van der Waals surface area contributed by atoms with Crippen LogP contribution in [0.3, 0.4) is 0 Å². The molecule has 0 bridgehead atoms. The lowest BCUT2D eigenvalue weighted by molar-refractivity contribution is -0.0184. The number of hydrogen-bond donors (Lipinski definition) is 1. The Kier molecular flexibility index (Phi) is 5.10. The van der Waals surface area contributed by atoms with E-state index in [1.165, 1.54) is 0 Å². The first-order chi connectivity index (χ1) is 9.77. The van der Waals surface area contributed by atoms with Crippen molar-refractivity contribution in [1.29, 1.82) is 5.26 Å². The number of aliphatic hydroxyl groups is 1. The molecule has 0 saturated carbocycles. The highest BCUT2D eigenvalue weighted by molar-refractivity contribution is 5.96. The number of benzene rings is 1. The molecular formula is C15H18N2O3. The van der Waals surface area contributed by atoms with E-state index in [1.54, 1.807) is 11.0 Å². The van der Waals surface area contributed by atoms with Gasteiger partial charge in [-0.15, -0.1) is 0 Å². The molecule has 1 aromatic rings. The average Bonchev–Trinajstić information content (AvgIpc) is 2.52. The van der Waals surface area contributed by atoms with Gasteiger partial charge in [-0.2, -0.15) is 5.26 Å². The zero-order valence-electron chi connectivity index (χ0n) is 11.3. The SMILES string of the molecule is N#CCCc1ccccc1C(=O)N1CCOC[C@H]1CO. The predicted octanol–water partition coefficient (Wildman–Crippen LogP) is 0.976. The van der Waals surface area contributed by atoms with Gasteiger partial charge in [0.1, 0.15) is 0 Å². The average molecular weight is 274 g/mol. The number of ether oxygens (including phenoxy) is 1. The lowest BCUT2D eigenvalue weighted by Gasteiger charge is -2.34. The highest BCUT2D eigenvalue weighted by atomic mass is 16.5. The quantitative estimate of drug-likeness (QED) is 0.888. The van der Waals surface area contributed by atoms with Crippen molar-refractivity contribution in [2.75, 3.05) is 26.4 Å². The molecule has 106 valence electrons. The number of aliphatic hydroxyl groups excluding tert-OH is 1. The van der Waals surface area contributed by atoms with Crippen LogP contribution in [0, 0.1) is 11.3 Å². The van der Waals surface area contributed by atoms with Crippen LogP contribution < -0.4 is 0 Å². The number of carbonyl (C=O) groups is 1. The van der Waals surface area contributed by atoms with Gasteiger partial charge >= 0.3 is 0 Å². The summed E-state index contributed by atoms with van der Waals surface area (Å²) in [6, 6.07) is 9.14. The molecule has 5 nitrogen and oxygen atoms in total. The fraction of sp³-hybridized carbons (Fsp3) is 0.467. The number of nitrogens with zero attached hydrogens (tertiary/aromatic N) is 2. The normalized spacial score (nSPS) is 18.6. The molecule has 1 atom stereocenters. The van der Waals surface area contributed by atoms with Gasteiger partial charge in [-0.25, -0.2) is 0 Å². The van der Waals surface area contributed by atoms with E-state index < -0.39 is 0 Å². The van der Waals surface area contributed by atoms with Gasteiger partial charge in [-0.05, 0) is 18.1 Å². The van der Waals surface area contributed by atoms with Gasteiger partial charge in [-0.1, -0.05) is 18.2 Å². The summed E-state index contributed by atoms with van der Waals surface area (Å²) in [6.45, 7) is 1.23. The number of nitriles is 1. The standard InChI is InChI=1S/C15H18N2O3/c16-7-3-5-12-4-1-2-6-14(12)15(19)17-8-9-20-11-13(17)10-18/h1-2,4,6,13,18H,3,5,8-11H2/t13-/m1/s1. The molecule has 1 aliphatic rings. The molecule has 0 unspecified atom stereocenters. The fourth-order valence-corrected chi connectivity index (χ4v) is 2.37. The number of hydrogen-bond acceptors (Lipinski definition) is 4. The Bertz CT molecular complexity index is 510. The molecule has 5 heteroatoms. The van der Waals surface area contributed by atoms with E-state index in [0.717, 1.165) is 5.56 Å². The van der Waals surface area contributed by atoms with Crippen molar-refractivity contribution in [3.8, 4) is 6.07 Å². The molecule has 1 amide bonds. The van der Waals surface area contributed by atoms with Crippen molar-refractivity contribution < 1.29 is 14.6 Å². The van der Waals surface area contributed by atoms with E-state index in [0.29, 0.717) is 38.2 Å². The van der Waals surface area contributed by atoms with Crippen LogP contribution in [0.25, 0.3) is 0 Å². The Balaban J connectivity index is 2.21. The molecule has 1 N–H and O–H groups in total. The third kappa shape index (κ3) is 3.16. The van der Waals surface area contributed by atoms with Gasteiger partial charge in [0, 0.05) is 18.5 Å². The zero-order chi connectivity index (χ0) is 14.4. The second kappa shape index (κ2) is 7.04. The molecule has 0 aromatic heterocycles.